The fraction of sp³-hybridized carbons (Fsp3) is 0.294. The number of nitrogens with zero attached hydrogens (tertiary/aromatic N) is 1. The molecular formula is C17H18FNO4S. The summed E-state index contributed by atoms with van der Waals surface area (Å²) < 4.78 is 39.4. The first-order valence-electron chi connectivity index (χ1n) is 7.56. The quantitative estimate of drug-likeness (QED) is 0.878. The van der Waals surface area contributed by atoms with E-state index in [-0.39, 0.29) is 24.4 Å². The molecule has 2 aromatic rings. The number of hydrogen-bond acceptors (Lipinski definition) is 4. The summed E-state index contributed by atoms with van der Waals surface area (Å²) in [5.41, 5.74) is -1.23. The largest absolute Gasteiger partial charge is 0.388 e. The Hall–Kier alpha value is -1.80. The third-order valence-electron chi connectivity index (χ3n) is 4.40. The molecule has 0 spiro atoms. The number of β-amino-alcohol motifs (C(OH)–C–C–N with tert-alkyl or cyclic N) is 1. The molecule has 7 heteroatoms. The standard InChI is InChI=1S/C17H18FNO4S/c18-14-8-6-13(7-9-14)17(21)10-11-19(12-16(17)20)24(22,23)15-4-2-1-3-5-15/h1-9,16,20-21H,10-12H2/t16-,17+/m0/s1. The molecule has 128 valence electrons. The molecule has 1 fully saturated rings. The van der Waals surface area contributed by atoms with Crippen molar-refractivity contribution in [2.75, 3.05) is 13.1 Å². The van der Waals surface area contributed by atoms with E-state index in [0.717, 1.165) is 4.31 Å². The highest BCUT2D eigenvalue weighted by molar-refractivity contribution is 7.89. The van der Waals surface area contributed by atoms with Crippen LogP contribution in [0.3, 0.4) is 0 Å². The molecular weight excluding hydrogens is 333 g/mol. The Bertz CT molecular complexity index is 810. The van der Waals surface area contributed by atoms with Gasteiger partial charge in [0.15, 0.2) is 0 Å². The summed E-state index contributed by atoms with van der Waals surface area (Å²) in [7, 11) is -3.73. The van der Waals surface area contributed by atoms with Gasteiger partial charge in [0.05, 0.1) is 4.90 Å². The number of halogens is 1. The Morgan fingerprint density at radius 3 is 2.29 bits per heavy atom. The van der Waals surface area contributed by atoms with Gasteiger partial charge in [-0.15, -0.1) is 0 Å². The fourth-order valence-corrected chi connectivity index (χ4v) is 4.40. The molecule has 0 unspecified atom stereocenters. The zero-order valence-corrected chi connectivity index (χ0v) is 13.7. The molecule has 0 aliphatic carbocycles. The summed E-state index contributed by atoms with van der Waals surface area (Å²) >= 11 is 0. The van der Waals surface area contributed by atoms with Crippen molar-refractivity contribution in [2.45, 2.75) is 23.0 Å². The first-order valence-corrected chi connectivity index (χ1v) is 9.00. The highest BCUT2D eigenvalue weighted by Gasteiger charge is 2.45. The molecule has 3 rings (SSSR count). The predicted molar refractivity (Wildman–Crippen MR) is 86.1 cm³/mol. The van der Waals surface area contributed by atoms with E-state index in [1.165, 1.54) is 36.4 Å². The van der Waals surface area contributed by atoms with E-state index in [9.17, 15) is 23.0 Å². The van der Waals surface area contributed by atoms with Gasteiger partial charge >= 0.3 is 0 Å². The zero-order chi connectivity index (χ0) is 17.4. The van der Waals surface area contributed by atoms with Crippen molar-refractivity contribution < 1.29 is 23.0 Å². The summed E-state index contributed by atoms with van der Waals surface area (Å²) in [6, 6.07) is 13.2. The van der Waals surface area contributed by atoms with Gasteiger partial charge in [-0.3, -0.25) is 0 Å². The highest BCUT2D eigenvalue weighted by Crippen LogP contribution is 2.35. The number of aliphatic hydroxyl groups is 2. The molecule has 0 bridgehead atoms. The summed E-state index contributed by atoms with van der Waals surface area (Å²) in [4.78, 5) is 0.143. The molecule has 2 atom stereocenters. The van der Waals surface area contributed by atoms with Crippen LogP contribution in [0.15, 0.2) is 59.5 Å². The first kappa shape index (κ1) is 17.0. The molecule has 2 N–H and O–H groups in total. The molecule has 1 saturated heterocycles. The zero-order valence-electron chi connectivity index (χ0n) is 12.8. The van der Waals surface area contributed by atoms with Crippen molar-refractivity contribution in [3.05, 3.63) is 66.0 Å². The van der Waals surface area contributed by atoms with Crippen molar-refractivity contribution in [2.24, 2.45) is 0 Å². The smallest absolute Gasteiger partial charge is 0.243 e. The van der Waals surface area contributed by atoms with Crippen molar-refractivity contribution in [1.29, 1.82) is 0 Å². The number of piperidine rings is 1. The van der Waals surface area contributed by atoms with E-state index >= 15 is 0 Å². The Balaban J connectivity index is 1.84. The van der Waals surface area contributed by atoms with Crippen LogP contribution in [-0.4, -0.2) is 42.1 Å². The Morgan fingerprint density at radius 1 is 1.08 bits per heavy atom. The SMILES string of the molecule is O=S(=O)(c1ccccc1)N1CC[C@@](O)(c2ccc(F)cc2)[C@@H](O)C1. The highest BCUT2D eigenvalue weighted by atomic mass is 32.2. The van der Waals surface area contributed by atoms with E-state index in [0.29, 0.717) is 5.56 Å². The summed E-state index contributed by atoms with van der Waals surface area (Å²) in [5.74, 6) is -0.444. The van der Waals surface area contributed by atoms with Crippen LogP contribution >= 0.6 is 0 Å². The lowest BCUT2D eigenvalue weighted by atomic mass is 9.83. The van der Waals surface area contributed by atoms with E-state index in [2.05, 4.69) is 0 Å². The second-order valence-corrected chi connectivity index (χ2v) is 7.81. The van der Waals surface area contributed by atoms with Crippen molar-refractivity contribution >= 4 is 10.0 Å². The predicted octanol–water partition coefficient (Wildman–Crippen LogP) is 1.47. The van der Waals surface area contributed by atoms with Gasteiger partial charge in [-0.2, -0.15) is 4.31 Å². The molecule has 2 aromatic carbocycles. The maximum Gasteiger partial charge on any atom is 0.243 e. The lowest BCUT2D eigenvalue weighted by Crippen LogP contribution is -2.54. The van der Waals surface area contributed by atoms with Gasteiger partial charge in [-0.05, 0) is 36.2 Å². The Kier molecular flexibility index (Phi) is 4.44. The normalized spacial score (nSPS) is 25.5. The number of rotatable bonds is 3. The molecule has 24 heavy (non-hydrogen) atoms. The lowest BCUT2D eigenvalue weighted by Gasteiger charge is -2.41. The topological polar surface area (TPSA) is 77.8 Å². The number of hydrogen-bond donors (Lipinski definition) is 2. The summed E-state index contributed by atoms with van der Waals surface area (Å²) in [6.07, 6.45) is -1.29. The molecule has 1 aliphatic heterocycles. The molecule has 1 aliphatic rings. The van der Waals surface area contributed by atoms with Crippen LogP contribution < -0.4 is 0 Å². The second-order valence-electron chi connectivity index (χ2n) is 5.87. The fourth-order valence-electron chi connectivity index (χ4n) is 2.93. The average Bonchev–Trinajstić information content (AvgIpc) is 2.58. The Morgan fingerprint density at radius 2 is 1.71 bits per heavy atom. The van der Waals surface area contributed by atoms with Crippen LogP contribution in [0.2, 0.25) is 0 Å². The minimum atomic E-state index is -3.73. The molecule has 5 nitrogen and oxygen atoms in total. The first-order chi connectivity index (χ1) is 11.3. The van der Waals surface area contributed by atoms with Gasteiger partial charge in [0.2, 0.25) is 10.0 Å². The maximum atomic E-state index is 13.1. The van der Waals surface area contributed by atoms with Crippen LogP contribution in [-0.2, 0) is 15.6 Å². The van der Waals surface area contributed by atoms with Crippen molar-refractivity contribution in [3.8, 4) is 0 Å². The molecule has 0 aromatic heterocycles. The molecule has 0 radical (unpaired) electrons. The molecule has 0 amide bonds. The molecule has 1 heterocycles. The van der Waals surface area contributed by atoms with Gasteiger partial charge in [-0.1, -0.05) is 30.3 Å². The number of aliphatic hydroxyl groups excluding tert-OH is 1. The van der Waals surface area contributed by atoms with Gasteiger partial charge < -0.3 is 10.2 Å². The van der Waals surface area contributed by atoms with Crippen molar-refractivity contribution in [3.63, 3.8) is 0 Å². The summed E-state index contributed by atoms with van der Waals surface area (Å²) in [6.45, 7) is -0.173. The van der Waals surface area contributed by atoms with E-state index in [1.54, 1.807) is 18.2 Å². The second kappa shape index (κ2) is 6.25. The minimum Gasteiger partial charge on any atom is -0.388 e. The van der Waals surface area contributed by atoms with Crippen LogP contribution in [0.1, 0.15) is 12.0 Å². The molecule has 0 saturated carbocycles. The van der Waals surface area contributed by atoms with E-state index in [1.807, 2.05) is 0 Å². The minimum absolute atomic E-state index is 0.0197. The number of benzene rings is 2. The third-order valence-corrected chi connectivity index (χ3v) is 6.27. The van der Waals surface area contributed by atoms with Gasteiger partial charge in [0.25, 0.3) is 0 Å². The summed E-state index contributed by atoms with van der Waals surface area (Å²) in [5, 5.41) is 21.1. The van der Waals surface area contributed by atoms with Gasteiger partial charge in [0, 0.05) is 13.1 Å². The lowest BCUT2D eigenvalue weighted by molar-refractivity contribution is -0.112. The third kappa shape index (κ3) is 2.95. The van der Waals surface area contributed by atoms with Crippen LogP contribution in [0.25, 0.3) is 0 Å². The van der Waals surface area contributed by atoms with Crippen LogP contribution in [0.4, 0.5) is 4.39 Å². The van der Waals surface area contributed by atoms with Crippen LogP contribution in [0.5, 0.6) is 0 Å². The van der Waals surface area contributed by atoms with E-state index < -0.39 is 27.5 Å². The Labute approximate surface area is 140 Å². The average molecular weight is 351 g/mol. The van der Waals surface area contributed by atoms with Gasteiger partial charge in [-0.25, -0.2) is 12.8 Å². The number of sulfonamides is 1. The van der Waals surface area contributed by atoms with Crippen molar-refractivity contribution in [1.82, 2.24) is 4.31 Å². The monoisotopic (exact) mass is 351 g/mol. The van der Waals surface area contributed by atoms with Crippen LogP contribution in [0, 0.1) is 5.82 Å². The van der Waals surface area contributed by atoms with Gasteiger partial charge in [0.1, 0.15) is 17.5 Å². The van der Waals surface area contributed by atoms with E-state index in [4.69, 9.17) is 0 Å². The maximum absolute atomic E-state index is 13.1.